The first kappa shape index (κ1) is 20.7. The first-order chi connectivity index (χ1) is 13.9. The van der Waals surface area contributed by atoms with Gasteiger partial charge < -0.3 is 5.32 Å². The Hall–Kier alpha value is -3.03. The molecule has 29 heavy (non-hydrogen) atoms. The Balaban J connectivity index is 1.72. The standard InChI is InChI=1S/C21H25N3O5/c1-2-3-4-5-6-10-16(25)22-14-9-7-8-13-18(14)21(29)24(20(13)28)15-11-12-17(26)23-19(15)27/h7-9,15H,2-6,10-12H2,1H3,(H,22,25)(H,23,26,27). The van der Waals surface area contributed by atoms with E-state index in [2.05, 4.69) is 17.6 Å². The largest absolute Gasteiger partial charge is 0.325 e. The third-order valence-electron chi connectivity index (χ3n) is 5.25. The summed E-state index contributed by atoms with van der Waals surface area (Å²) in [5, 5.41) is 4.90. The highest BCUT2D eigenvalue weighted by Crippen LogP contribution is 2.32. The van der Waals surface area contributed by atoms with E-state index < -0.39 is 29.7 Å². The Morgan fingerprint density at radius 2 is 1.86 bits per heavy atom. The number of piperidine rings is 1. The lowest BCUT2D eigenvalue weighted by atomic mass is 10.0. The van der Waals surface area contributed by atoms with E-state index >= 15 is 0 Å². The van der Waals surface area contributed by atoms with Crippen LogP contribution in [0.1, 0.15) is 79.0 Å². The summed E-state index contributed by atoms with van der Waals surface area (Å²) in [6, 6.07) is 3.64. The first-order valence-corrected chi connectivity index (χ1v) is 10.1. The van der Waals surface area contributed by atoms with E-state index in [1.54, 1.807) is 12.1 Å². The van der Waals surface area contributed by atoms with Crippen LogP contribution in [0.4, 0.5) is 5.69 Å². The molecule has 0 spiro atoms. The van der Waals surface area contributed by atoms with E-state index in [4.69, 9.17) is 0 Å². The van der Waals surface area contributed by atoms with E-state index in [0.29, 0.717) is 6.42 Å². The molecule has 2 aliphatic heterocycles. The van der Waals surface area contributed by atoms with Crippen molar-refractivity contribution in [2.45, 2.75) is 64.3 Å². The quantitative estimate of drug-likeness (QED) is 0.515. The Bertz CT molecular complexity index is 864. The minimum Gasteiger partial charge on any atom is -0.325 e. The number of fused-ring (bicyclic) bond motifs is 1. The predicted molar refractivity (Wildman–Crippen MR) is 105 cm³/mol. The molecule has 0 aliphatic carbocycles. The van der Waals surface area contributed by atoms with Gasteiger partial charge in [-0.2, -0.15) is 0 Å². The average Bonchev–Trinajstić information content (AvgIpc) is 2.93. The van der Waals surface area contributed by atoms with Crippen LogP contribution >= 0.6 is 0 Å². The van der Waals surface area contributed by atoms with Crippen molar-refractivity contribution in [3.05, 3.63) is 29.3 Å². The summed E-state index contributed by atoms with van der Waals surface area (Å²) in [4.78, 5) is 62.4. The first-order valence-electron chi connectivity index (χ1n) is 10.1. The number of carbonyl (C=O) groups is 5. The van der Waals surface area contributed by atoms with Crippen molar-refractivity contribution in [3.63, 3.8) is 0 Å². The molecule has 1 unspecified atom stereocenters. The maximum atomic E-state index is 13.0. The van der Waals surface area contributed by atoms with Gasteiger partial charge in [-0.15, -0.1) is 0 Å². The highest BCUT2D eigenvalue weighted by molar-refractivity contribution is 6.26. The number of hydrogen-bond acceptors (Lipinski definition) is 5. The Morgan fingerprint density at radius 1 is 1.10 bits per heavy atom. The summed E-state index contributed by atoms with van der Waals surface area (Å²) in [5.41, 5.74) is 0.524. The molecule has 1 saturated heterocycles. The predicted octanol–water partition coefficient (Wildman–Crippen LogP) is 2.39. The highest BCUT2D eigenvalue weighted by atomic mass is 16.2. The molecule has 1 atom stereocenters. The number of nitrogens with zero attached hydrogens (tertiary/aromatic N) is 1. The van der Waals surface area contributed by atoms with Crippen LogP contribution in [0.15, 0.2) is 18.2 Å². The molecule has 1 aromatic rings. The lowest BCUT2D eigenvalue weighted by Gasteiger charge is -2.27. The van der Waals surface area contributed by atoms with Crippen LogP contribution in [0, 0.1) is 0 Å². The van der Waals surface area contributed by atoms with Crippen LogP contribution in [0.25, 0.3) is 0 Å². The van der Waals surface area contributed by atoms with Gasteiger partial charge in [0.2, 0.25) is 17.7 Å². The molecule has 0 saturated carbocycles. The second-order valence-electron chi connectivity index (χ2n) is 7.39. The van der Waals surface area contributed by atoms with E-state index in [0.717, 1.165) is 37.0 Å². The summed E-state index contributed by atoms with van der Waals surface area (Å²) in [7, 11) is 0. The van der Waals surface area contributed by atoms with Gasteiger partial charge in [-0.05, 0) is 25.0 Å². The zero-order valence-electron chi connectivity index (χ0n) is 16.5. The molecule has 1 fully saturated rings. The number of hydrogen-bond donors (Lipinski definition) is 2. The van der Waals surface area contributed by atoms with E-state index in [9.17, 15) is 24.0 Å². The van der Waals surface area contributed by atoms with Crippen molar-refractivity contribution in [3.8, 4) is 0 Å². The number of imide groups is 2. The van der Waals surface area contributed by atoms with Crippen LogP contribution in [0.5, 0.6) is 0 Å². The molecule has 154 valence electrons. The van der Waals surface area contributed by atoms with E-state index in [1.807, 2.05) is 0 Å². The Morgan fingerprint density at radius 3 is 2.59 bits per heavy atom. The summed E-state index contributed by atoms with van der Waals surface area (Å²) in [5.74, 6) is -2.51. The van der Waals surface area contributed by atoms with Gasteiger partial charge in [-0.3, -0.25) is 34.2 Å². The topological polar surface area (TPSA) is 113 Å². The van der Waals surface area contributed by atoms with Crippen molar-refractivity contribution < 1.29 is 24.0 Å². The van der Waals surface area contributed by atoms with Gasteiger partial charge in [0.25, 0.3) is 11.8 Å². The number of benzene rings is 1. The molecule has 3 rings (SSSR count). The fourth-order valence-electron chi connectivity index (χ4n) is 3.72. The molecule has 0 bridgehead atoms. The molecule has 2 N–H and O–H groups in total. The zero-order chi connectivity index (χ0) is 21.0. The lowest BCUT2D eigenvalue weighted by Crippen LogP contribution is -2.54. The van der Waals surface area contributed by atoms with Crippen molar-refractivity contribution in [2.75, 3.05) is 5.32 Å². The van der Waals surface area contributed by atoms with Gasteiger partial charge in [0.1, 0.15) is 6.04 Å². The molecule has 8 heteroatoms. The van der Waals surface area contributed by atoms with Crippen molar-refractivity contribution in [2.24, 2.45) is 0 Å². The Kier molecular flexibility index (Phi) is 6.41. The number of anilines is 1. The van der Waals surface area contributed by atoms with Crippen LogP contribution in [0.2, 0.25) is 0 Å². The molecule has 5 amide bonds. The van der Waals surface area contributed by atoms with Gasteiger partial charge in [-0.1, -0.05) is 38.7 Å². The average molecular weight is 399 g/mol. The SMILES string of the molecule is CCCCCCCC(=O)Nc1cccc2c1C(=O)N(C1CCC(=O)NC1=O)C2=O. The van der Waals surface area contributed by atoms with Crippen molar-refractivity contribution in [1.29, 1.82) is 0 Å². The Labute approximate surface area is 169 Å². The van der Waals surface area contributed by atoms with Gasteiger partial charge >= 0.3 is 0 Å². The van der Waals surface area contributed by atoms with E-state index in [-0.39, 0.29) is 35.6 Å². The van der Waals surface area contributed by atoms with Gasteiger partial charge in [-0.25, -0.2) is 0 Å². The molecule has 2 heterocycles. The highest BCUT2D eigenvalue weighted by Gasteiger charge is 2.45. The van der Waals surface area contributed by atoms with Crippen molar-refractivity contribution >= 4 is 35.2 Å². The molecule has 1 aromatic carbocycles. The smallest absolute Gasteiger partial charge is 0.264 e. The molecule has 8 nitrogen and oxygen atoms in total. The molecular formula is C21H25N3O5. The molecular weight excluding hydrogens is 374 g/mol. The third kappa shape index (κ3) is 4.36. The zero-order valence-corrected chi connectivity index (χ0v) is 16.5. The second-order valence-corrected chi connectivity index (χ2v) is 7.39. The second kappa shape index (κ2) is 8.98. The van der Waals surface area contributed by atoms with Gasteiger partial charge in [0, 0.05) is 12.8 Å². The van der Waals surface area contributed by atoms with Crippen LogP contribution < -0.4 is 10.6 Å². The maximum Gasteiger partial charge on any atom is 0.264 e. The number of rotatable bonds is 8. The van der Waals surface area contributed by atoms with Crippen molar-refractivity contribution in [1.82, 2.24) is 10.2 Å². The lowest BCUT2D eigenvalue weighted by molar-refractivity contribution is -0.136. The third-order valence-corrected chi connectivity index (χ3v) is 5.25. The monoisotopic (exact) mass is 399 g/mol. The summed E-state index contributed by atoms with van der Waals surface area (Å²) < 4.78 is 0. The minimum absolute atomic E-state index is 0.0609. The van der Waals surface area contributed by atoms with Gasteiger partial charge in [0.15, 0.2) is 0 Å². The number of nitrogens with one attached hydrogen (secondary N) is 2. The molecule has 2 aliphatic rings. The van der Waals surface area contributed by atoms with E-state index in [1.165, 1.54) is 6.07 Å². The molecule has 0 radical (unpaired) electrons. The summed E-state index contributed by atoms with van der Waals surface area (Å²) in [6.45, 7) is 2.12. The number of amides is 5. The summed E-state index contributed by atoms with van der Waals surface area (Å²) in [6.07, 6.45) is 5.57. The fourth-order valence-corrected chi connectivity index (χ4v) is 3.72. The fraction of sp³-hybridized carbons (Fsp3) is 0.476. The normalized spacial score (nSPS) is 18.7. The maximum absolute atomic E-state index is 13.0. The van der Waals surface area contributed by atoms with Gasteiger partial charge in [0.05, 0.1) is 16.8 Å². The van der Waals surface area contributed by atoms with Crippen LogP contribution in [0.3, 0.4) is 0 Å². The minimum atomic E-state index is -1.03. The van der Waals surface area contributed by atoms with Crippen LogP contribution in [-0.2, 0) is 14.4 Å². The van der Waals surface area contributed by atoms with Crippen LogP contribution in [-0.4, -0.2) is 40.5 Å². The summed E-state index contributed by atoms with van der Waals surface area (Å²) >= 11 is 0. The number of unbranched alkanes of at least 4 members (excludes halogenated alkanes) is 4. The number of carbonyl (C=O) groups excluding carboxylic acids is 5. The molecule has 0 aromatic heterocycles.